The topological polar surface area (TPSA) is 42.0 Å². The summed E-state index contributed by atoms with van der Waals surface area (Å²) in [4.78, 5) is 16.2. The highest BCUT2D eigenvalue weighted by Gasteiger charge is 2.29. The quantitative estimate of drug-likeness (QED) is 0.706. The van der Waals surface area contributed by atoms with Gasteiger partial charge in [-0.15, -0.1) is 11.3 Å². The molecule has 0 bridgehead atoms. The fourth-order valence-electron chi connectivity index (χ4n) is 2.51. The van der Waals surface area contributed by atoms with Crippen LogP contribution in [0.25, 0.3) is 21.8 Å². The molecule has 1 aromatic heterocycles. The molecule has 126 valence electrons. The van der Waals surface area contributed by atoms with Crippen molar-refractivity contribution in [3.05, 3.63) is 59.5 Å². The van der Waals surface area contributed by atoms with Crippen molar-refractivity contribution in [3.63, 3.8) is 0 Å². The van der Waals surface area contributed by atoms with Crippen LogP contribution in [0.15, 0.2) is 47.8 Å². The lowest BCUT2D eigenvalue weighted by Crippen LogP contribution is -2.12. The van der Waals surface area contributed by atoms with Gasteiger partial charge in [0, 0.05) is 34.2 Å². The molecule has 2 aromatic carbocycles. The Bertz CT molecular complexity index is 933. The number of nitrogens with one attached hydrogen (secondary N) is 1. The smallest absolute Gasteiger partial charge is 0.227 e. The Morgan fingerprint density at radius 1 is 1.12 bits per heavy atom. The minimum atomic E-state index is -0.630. The molecule has 0 saturated heterocycles. The molecule has 1 fully saturated rings. The summed E-state index contributed by atoms with van der Waals surface area (Å²) in [5, 5.41) is 5.36. The molecule has 6 heteroatoms. The van der Waals surface area contributed by atoms with Crippen LogP contribution in [-0.4, -0.2) is 10.9 Å². The minimum Gasteiger partial charge on any atom is -0.326 e. The Hall–Kier alpha value is -2.60. The van der Waals surface area contributed by atoms with Gasteiger partial charge >= 0.3 is 0 Å². The van der Waals surface area contributed by atoms with Gasteiger partial charge in [0.25, 0.3) is 0 Å². The predicted octanol–water partition coefficient (Wildman–Crippen LogP) is 5.10. The SMILES string of the molecule is O=C(Nc1ccc(-c2nc(-c3ccc(F)cc3F)cs2)cc1)C1CC1. The van der Waals surface area contributed by atoms with Crippen LogP contribution in [-0.2, 0) is 4.79 Å². The third-order valence-corrected chi connectivity index (χ3v) is 4.95. The van der Waals surface area contributed by atoms with E-state index in [0.29, 0.717) is 5.69 Å². The van der Waals surface area contributed by atoms with E-state index in [1.807, 2.05) is 24.3 Å². The monoisotopic (exact) mass is 356 g/mol. The van der Waals surface area contributed by atoms with E-state index in [9.17, 15) is 13.6 Å². The number of halogens is 2. The van der Waals surface area contributed by atoms with Gasteiger partial charge in [0.05, 0.1) is 5.69 Å². The first kappa shape index (κ1) is 15.9. The van der Waals surface area contributed by atoms with Gasteiger partial charge in [-0.3, -0.25) is 4.79 Å². The molecule has 4 rings (SSSR count). The first-order valence-electron chi connectivity index (χ1n) is 7.92. The van der Waals surface area contributed by atoms with Crippen molar-refractivity contribution in [1.82, 2.24) is 4.98 Å². The van der Waals surface area contributed by atoms with E-state index in [1.165, 1.54) is 23.5 Å². The predicted molar refractivity (Wildman–Crippen MR) is 94.3 cm³/mol. The number of hydrogen-bond acceptors (Lipinski definition) is 3. The molecule has 0 atom stereocenters. The van der Waals surface area contributed by atoms with Crippen LogP contribution in [0.3, 0.4) is 0 Å². The Morgan fingerprint density at radius 3 is 2.56 bits per heavy atom. The molecular weight excluding hydrogens is 342 g/mol. The van der Waals surface area contributed by atoms with Crippen LogP contribution >= 0.6 is 11.3 Å². The largest absolute Gasteiger partial charge is 0.326 e. The van der Waals surface area contributed by atoms with Crippen LogP contribution < -0.4 is 5.32 Å². The fourth-order valence-corrected chi connectivity index (χ4v) is 3.34. The number of amides is 1. The number of nitrogens with zero attached hydrogens (tertiary/aromatic N) is 1. The van der Waals surface area contributed by atoms with Crippen LogP contribution in [0.5, 0.6) is 0 Å². The Kier molecular flexibility index (Phi) is 4.05. The molecule has 3 aromatic rings. The molecule has 1 aliphatic carbocycles. The molecule has 1 saturated carbocycles. The molecule has 1 amide bonds. The van der Waals surface area contributed by atoms with Crippen LogP contribution in [0.2, 0.25) is 0 Å². The molecule has 0 unspecified atom stereocenters. The van der Waals surface area contributed by atoms with E-state index < -0.39 is 11.6 Å². The standard InChI is InChI=1S/C19H14F2N2OS/c20-13-5-8-15(16(21)9-13)17-10-25-19(23-17)12-3-6-14(7-4-12)22-18(24)11-1-2-11/h3-11H,1-2H2,(H,22,24). The van der Waals surface area contributed by atoms with Crippen molar-refractivity contribution < 1.29 is 13.6 Å². The highest BCUT2D eigenvalue weighted by molar-refractivity contribution is 7.13. The zero-order valence-corrected chi connectivity index (χ0v) is 13.9. The average molecular weight is 356 g/mol. The molecule has 0 spiro atoms. The first-order valence-corrected chi connectivity index (χ1v) is 8.80. The minimum absolute atomic E-state index is 0.0658. The van der Waals surface area contributed by atoms with Crippen LogP contribution in [0, 0.1) is 17.6 Å². The number of hydrogen-bond donors (Lipinski definition) is 1. The lowest BCUT2D eigenvalue weighted by atomic mass is 10.1. The van der Waals surface area contributed by atoms with Crippen molar-refractivity contribution >= 4 is 22.9 Å². The summed E-state index contributed by atoms with van der Waals surface area (Å²) in [7, 11) is 0. The number of benzene rings is 2. The highest BCUT2D eigenvalue weighted by atomic mass is 32.1. The third kappa shape index (κ3) is 3.44. The highest BCUT2D eigenvalue weighted by Crippen LogP contribution is 2.32. The van der Waals surface area contributed by atoms with Crippen molar-refractivity contribution in [1.29, 1.82) is 0 Å². The molecule has 25 heavy (non-hydrogen) atoms. The fraction of sp³-hybridized carbons (Fsp3) is 0.158. The van der Waals surface area contributed by atoms with Gasteiger partial charge in [-0.25, -0.2) is 13.8 Å². The average Bonchev–Trinajstić information content (AvgIpc) is 3.34. The number of aromatic nitrogens is 1. The van der Waals surface area contributed by atoms with Gasteiger partial charge in [-0.1, -0.05) is 0 Å². The van der Waals surface area contributed by atoms with E-state index in [0.717, 1.165) is 35.2 Å². The van der Waals surface area contributed by atoms with Crippen molar-refractivity contribution in [2.45, 2.75) is 12.8 Å². The number of carbonyl (C=O) groups excluding carboxylic acids is 1. The van der Waals surface area contributed by atoms with Gasteiger partial charge in [0.15, 0.2) is 0 Å². The Labute approximate surface area is 147 Å². The second-order valence-corrected chi connectivity index (χ2v) is 6.86. The Balaban J connectivity index is 1.54. The van der Waals surface area contributed by atoms with Gasteiger partial charge in [-0.05, 0) is 49.2 Å². The maximum absolute atomic E-state index is 13.9. The summed E-state index contributed by atoms with van der Waals surface area (Å²) in [6.07, 6.45) is 1.93. The van der Waals surface area contributed by atoms with E-state index in [-0.39, 0.29) is 17.4 Å². The first-order chi connectivity index (χ1) is 12.1. The van der Waals surface area contributed by atoms with Gasteiger partial charge in [0.2, 0.25) is 5.91 Å². The van der Waals surface area contributed by atoms with E-state index in [4.69, 9.17) is 0 Å². The van der Waals surface area contributed by atoms with E-state index >= 15 is 0 Å². The number of rotatable bonds is 4. The second kappa shape index (κ2) is 6.37. The van der Waals surface area contributed by atoms with Crippen LogP contribution in [0.4, 0.5) is 14.5 Å². The molecule has 1 N–H and O–H groups in total. The lowest BCUT2D eigenvalue weighted by Gasteiger charge is -2.04. The second-order valence-electron chi connectivity index (χ2n) is 6.00. The van der Waals surface area contributed by atoms with Crippen molar-refractivity contribution in [3.8, 4) is 21.8 Å². The maximum atomic E-state index is 13.9. The maximum Gasteiger partial charge on any atom is 0.227 e. The van der Waals surface area contributed by atoms with Gasteiger partial charge < -0.3 is 5.32 Å². The van der Waals surface area contributed by atoms with Crippen LogP contribution in [0.1, 0.15) is 12.8 Å². The number of anilines is 1. The summed E-state index contributed by atoms with van der Waals surface area (Å²) >= 11 is 1.39. The lowest BCUT2D eigenvalue weighted by molar-refractivity contribution is -0.117. The summed E-state index contributed by atoms with van der Waals surface area (Å²) in [6.45, 7) is 0. The summed E-state index contributed by atoms with van der Waals surface area (Å²) in [6, 6.07) is 10.9. The van der Waals surface area contributed by atoms with Crippen molar-refractivity contribution in [2.24, 2.45) is 5.92 Å². The summed E-state index contributed by atoms with van der Waals surface area (Å²) in [5.74, 6) is -1.02. The zero-order chi connectivity index (χ0) is 17.4. The Morgan fingerprint density at radius 2 is 1.88 bits per heavy atom. The normalized spacial score (nSPS) is 13.7. The molecule has 3 nitrogen and oxygen atoms in total. The summed E-state index contributed by atoms with van der Waals surface area (Å²) < 4.78 is 26.9. The molecule has 0 aliphatic heterocycles. The van der Waals surface area contributed by atoms with Gasteiger partial charge in [-0.2, -0.15) is 0 Å². The molecule has 1 heterocycles. The molecular formula is C19H14F2N2OS. The number of carbonyl (C=O) groups is 1. The third-order valence-electron chi connectivity index (χ3n) is 4.06. The van der Waals surface area contributed by atoms with Gasteiger partial charge in [0.1, 0.15) is 16.6 Å². The van der Waals surface area contributed by atoms with Crippen molar-refractivity contribution in [2.75, 3.05) is 5.32 Å². The zero-order valence-electron chi connectivity index (χ0n) is 13.1. The molecule has 1 aliphatic rings. The van der Waals surface area contributed by atoms with E-state index in [1.54, 1.807) is 5.38 Å². The summed E-state index contributed by atoms with van der Waals surface area (Å²) in [5.41, 5.74) is 2.38. The van der Waals surface area contributed by atoms with E-state index in [2.05, 4.69) is 10.3 Å². The number of thiazole rings is 1. The molecule has 0 radical (unpaired) electrons.